The molecule has 8 heteroatoms. The monoisotopic (exact) mass is 356 g/mol. The molecule has 8 nitrogen and oxygen atoms in total. The minimum Gasteiger partial charge on any atom is -0.376 e. The van der Waals surface area contributed by atoms with E-state index >= 15 is 0 Å². The fourth-order valence-electron chi connectivity index (χ4n) is 2.52. The maximum atomic E-state index is 11.0. The molecule has 0 spiro atoms. The van der Waals surface area contributed by atoms with E-state index in [1.165, 1.54) is 12.1 Å². The summed E-state index contributed by atoms with van der Waals surface area (Å²) >= 11 is 0. The second kappa shape index (κ2) is 7.64. The van der Waals surface area contributed by atoms with Crippen LogP contribution in [0, 0.1) is 20.2 Å². The molecule has 2 rings (SSSR count). The first-order valence-electron chi connectivity index (χ1n) is 7.80. The van der Waals surface area contributed by atoms with Crippen molar-refractivity contribution in [2.45, 2.75) is 0 Å². The fraction of sp³-hybridized carbons (Fsp3) is 0.222. The van der Waals surface area contributed by atoms with Gasteiger partial charge in [-0.15, -0.1) is 0 Å². The molecule has 136 valence electrons. The van der Waals surface area contributed by atoms with Crippen molar-refractivity contribution in [3.63, 3.8) is 0 Å². The van der Waals surface area contributed by atoms with Crippen molar-refractivity contribution in [1.82, 2.24) is 0 Å². The predicted octanol–water partition coefficient (Wildman–Crippen LogP) is 3.81. The number of rotatable bonds is 6. The molecule has 26 heavy (non-hydrogen) atoms. The minimum absolute atomic E-state index is 0.516. The van der Waals surface area contributed by atoms with E-state index in [0.717, 1.165) is 23.0 Å². The first kappa shape index (κ1) is 18.9. The van der Waals surface area contributed by atoms with E-state index in [1.807, 2.05) is 62.3 Å². The van der Waals surface area contributed by atoms with Gasteiger partial charge in [0, 0.05) is 40.3 Å². The maximum absolute atomic E-state index is 11.0. The molecule has 0 saturated heterocycles. The third-order valence-corrected chi connectivity index (χ3v) is 3.82. The van der Waals surface area contributed by atoms with E-state index in [2.05, 4.69) is 0 Å². The van der Waals surface area contributed by atoms with Crippen molar-refractivity contribution in [2.75, 3.05) is 38.0 Å². The van der Waals surface area contributed by atoms with E-state index in [1.54, 1.807) is 6.08 Å². The number of benzene rings is 2. The molecule has 0 aromatic heterocycles. The highest BCUT2D eigenvalue weighted by Crippen LogP contribution is 2.30. The van der Waals surface area contributed by atoms with Crippen LogP contribution in [0.15, 0.2) is 36.4 Å². The molecule has 0 saturated carbocycles. The van der Waals surface area contributed by atoms with E-state index < -0.39 is 21.2 Å². The second-order valence-electron chi connectivity index (χ2n) is 6.13. The van der Waals surface area contributed by atoms with Crippen LogP contribution in [0.1, 0.15) is 11.1 Å². The van der Waals surface area contributed by atoms with Crippen molar-refractivity contribution in [3.8, 4) is 0 Å². The highest BCUT2D eigenvalue weighted by atomic mass is 16.6. The molecule has 0 aliphatic heterocycles. The van der Waals surface area contributed by atoms with Crippen LogP contribution in [-0.2, 0) is 0 Å². The molecule has 0 unspecified atom stereocenters. The third kappa shape index (κ3) is 4.15. The lowest BCUT2D eigenvalue weighted by Gasteiger charge is -2.23. The minimum atomic E-state index is -0.755. The highest BCUT2D eigenvalue weighted by molar-refractivity contribution is 5.78. The zero-order valence-corrected chi connectivity index (χ0v) is 15.0. The van der Waals surface area contributed by atoms with Crippen LogP contribution in [0.25, 0.3) is 12.2 Å². The fourth-order valence-corrected chi connectivity index (χ4v) is 2.52. The normalized spacial score (nSPS) is 10.8. The summed E-state index contributed by atoms with van der Waals surface area (Å²) in [5.74, 6) is 0. The first-order valence-corrected chi connectivity index (χ1v) is 7.80. The van der Waals surface area contributed by atoms with Crippen LogP contribution >= 0.6 is 0 Å². The Morgan fingerprint density at radius 3 is 1.73 bits per heavy atom. The lowest BCUT2D eigenvalue weighted by Crippen LogP contribution is -2.16. The van der Waals surface area contributed by atoms with Gasteiger partial charge in [-0.3, -0.25) is 20.2 Å². The van der Waals surface area contributed by atoms with Gasteiger partial charge in [-0.05, 0) is 29.3 Å². The summed E-state index contributed by atoms with van der Waals surface area (Å²) in [5.41, 5.74) is 2.50. The van der Waals surface area contributed by atoms with Crippen molar-refractivity contribution >= 4 is 34.9 Å². The number of anilines is 2. The number of hydrogen-bond donors (Lipinski definition) is 0. The second-order valence-corrected chi connectivity index (χ2v) is 6.13. The van der Waals surface area contributed by atoms with Crippen molar-refractivity contribution in [1.29, 1.82) is 0 Å². The van der Waals surface area contributed by atoms with E-state index in [4.69, 9.17) is 0 Å². The molecule has 0 radical (unpaired) electrons. The Kier molecular flexibility index (Phi) is 5.56. The molecule has 0 fully saturated rings. The Bertz CT molecular complexity index is 875. The third-order valence-electron chi connectivity index (χ3n) is 3.82. The Morgan fingerprint density at radius 1 is 0.731 bits per heavy atom. The molecular formula is C18H20N4O4. The summed E-state index contributed by atoms with van der Waals surface area (Å²) < 4.78 is 0. The maximum Gasteiger partial charge on any atom is 0.346 e. The molecule has 0 bridgehead atoms. The van der Waals surface area contributed by atoms with Gasteiger partial charge in [0.05, 0.1) is 21.2 Å². The molecule has 0 N–H and O–H groups in total. The molecule has 0 atom stereocenters. The summed E-state index contributed by atoms with van der Waals surface area (Å²) in [6.45, 7) is 0. The van der Waals surface area contributed by atoms with Crippen molar-refractivity contribution in [2.24, 2.45) is 0 Å². The first-order chi connectivity index (χ1) is 12.2. The number of hydrogen-bond acceptors (Lipinski definition) is 6. The summed E-state index contributed by atoms with van der Waals surface area (Å²) in [7, 11) is 7.84. The van der Waals surface area contributed by atoms with Gasteiger partial charge < -0.3 is 9.80 Å². The van der Waals surface area contributed by atoms with Crippen molar-refractivity contribution < 1.29 is 9.85 Å². The van der Waals surface area contributed by atoms with Gasteiger partial charge in [0.2, 0.25) is 0 Å². The topological polar surface area (TPSA) is 92.8 Å². The Morgan fingerprint density at radius 2 is 1.23 bits per heavy atom. The molecule has 2 aromatic carbocycles. The average molecular weight is 356 g/mol. The van der Waals surface area contributed by atoms with Gasteiger partial charge in [0.15, 0.2) is 0 Å². The van der Waals surface area contributed by atoms with Gasteiger partial charge in [0.25, 0.3) is 0 Å². The quantitative estimate of drug-likeness (QED) is 0.444. The predicted molar refractivity (Wildman–Crippen MR) is 104 cm³/mol. The molecule has 0 amide bonds. The zero-order chi connectivity index (χ0) is 19.4. The zero-order valence-electron chi connectivity index (χ0n) is 15.0. The summed E-state index contributed by atoms with van der Waals surface area (Å²) in [5, 5.41) is 21.9. The van der Waals surface area contributed by atoms with Crippen LogP contribution < -0.4 is 9.80 Å². The van der Waals surface area contributed by atoms with Gasteiger partial charge in [-0.1, -0.05) is 18.2 Å². The lowest BCUT2D eigenvalue weighted by atomic mass is 10.1. The standard InChI is InChI=1S/C18H20N4O4/c1-19(2)15-9-7-13(11-17(15)20(3)4)5-6-14-8-10-16(21(23)24)18(12-14)22(25)26/h5-12H,1-4H3. The van der Waals surface area contributed by atoms with Gasteiger partial charge in [-0.25, -0.2) is 0 Å². The van der Waals surface area contributed by atoms with Crippen LogP contribution in [0.4, 0.5) is 22.7 Å². The highest BCUT2D eigenvalue weighted by Gasteiger charge is 2.23. The van der Waals surface area contributed by atoms with Gasteiger partial charge >= 0.3 is 11.4 Å². The van der Waals surface area contributed by atoms with Crippen LogP contribution in [0.5, 0.6) is 0 Å². The van der Waals surface area contributed by atoms with Gasteiger partial charge in [0.1, 0.15) is 0 Å². The van der Waals surface area contributed by atoms with Crippen LogP contribution in [0.3, 0.4) is 0 Å². The van der Waals surface area contributed by atoms with Crippen molar-refractivity contribution in [3.05, 3.63) is 67.8 Å². The number of nitro groups is 2. The summed E-state index contributed by atoms with van der Waals surface area (Å²) in [6.07, 6.45) is 3.51. The average Bonchev–Trinajstić information content (AvgIpc) is 2.59. The van der Waals surface area contributed by atoms with E-state index in [0.29, 0.717) is 5.56 Å². The number of nitro benzene ring substituents is 2. The van der Waals surface area contributed by atoms with Crippen LogP contribution in [0.2, 0.25) is 0 Å². The van der Waals surface area contributed by atoms with Gasteiger partial charge in [-0.2, -0.15) is 0 Å². The Balaban J connectivity index is 2.38. The SMILES string of the molecule is CN(C)c1ccc(C=Cc2ccc([N+](=O)[O-])c([N+](=O)[O-])c2)cc1N(C)C. The smallest absolute Gasteiger partial charge is 0.346 e. The largest absolute Gasteiger partial charge is 0.376 e. The number of nitrogens with zero attached hydrogens (tertiary/aromatic N) is 4. The summed E-state index contributed by atoms with van der Waals surface area (Å²) in [4.78, 5) is 24.4. The van der Waals surface area contributed by atoms with Crippen LogP contribution in [-0.4, -0.2) is 38.0 Å². The van der Waals surface area contributed by atoms with E-state index in [9.17, 15) is 20.2 Å². The molecule has 2 aromatic rings. The Labute approximate surface area is 151 Å². The molecular weight excluding hydrogens is 336 g/mol. The lowest BCUT2D eigenvalue weighted by molar-refractivity contribution is -0.422. The van der Waals surface area contributed by atoms with E-state index in [-0.39, 0.29) is 0 Å². The molecule has 0 aliphatic rings. The Hall–Kier alpha value is -3.42. The summed E-state index contributed by atoms with van der Waals surface area (Å²) in [6, 6.07) is 9.79. The molecule has 0 heterocycles. The molecule has 0 aliphatic carbocycles.